The molecule has 11 heteroatoms. The highest BCUT2D eigenvalue weighted by Crippen LogP contribution is 2.01. The molecule has 0 saturated carbocycles. The van der Waals surface area contributed by atoms with Crippen molar-refractivity contribution in [2.24, 2.45) is 0 Å². The predicted molar refractivity (Wildman–Crippen MR) is 84.3 cm³/mol. The molecule has 9 nitrogen and oxygen atoms in total. The lowest BCUT2D eigenvalue weighted by atomic mass is 10.4. The molecule has 0 amide bonds. The van der Waals surface area contributed by atoms with Crippen LogP contribution in [0.3, 0.4) is 0 Å². The molecule has 0 aromatic heterocycles. The van der Waals surface area contributed by atoms with E-state index in [1.54, 1.807) is 0 Å². The van der Waals surface area contributed by atoms with E-state index in [-0.39, 0.29) is 13.1 Å². The van der Waals surface area contributed by atoms with Crippen molar-refractivity contribution in [3.05, 3.63) is 0 Å². The van der Waals surface area contributed by atoms with E-state index < -0.39 is 20.2 Å². The Morgan fingerprint density at radius 2 is 1.68 bits per heavy atom. The Morgan fingerprint density at radius 3 is 2.18 bits per heavy atom. The van der Waals surface area contributed by atoms with Crippen molar-refractivity contribution in [3.8, 4) is 0 Å². The van der Waals surface area contributed by atoms with Gasteiger partial charge in [0.1, 0.15) is 0 Å². The van der Waals surface area contributed by atoms with E-state index in [0.717, 1.165) is 23.7 Å². The molecule has 0 aromatic carbocycles. The summed E-state index contributed by atoms with van der Waals surface area (Å²) in [7, 11) is -4.09. The van der Waals surface area contributed by atoms with Crippen LogP contribution >= 0.6 is 0 Å². The van der Waals surface area contributed by atoms with Crippen LogP contribution < -0.4 is 4.72 Å². The molecule has 0 unspecified atom stereocenters. The smallest absolute Gasteiger partial charge is 0.278 e. The minimum Gasteiger partial charge on any atom is -0.379 e. The summed E-state index contributed by atoms with van der Waals surface area (Å²) in [6.07, 6.45) is 1.13. The van der Waals surface area contributed by atoms with E-state index in [1.807, 2.05) is 0 Å². The standard InChI is InChI=1S/C11H26N4O5S2/c1-13(2)22(18,19)12-4-5-15(21(3,16)17)7-6-14-8-10-20-11-9-14/h12H,4-11H2,1-3H3. The maximum Gasteiger partial charge on any atom is 0.278 e. The SMILES string of the molecule is CN(C)S(=O)(=O)NCCN(CCN1CCOCC1)S(C)(=O)=O. The van der Waals surface area contributed by atoms with Crippen LogP contribution in [0.2, 0.25) is 0 Å². The van der Waals surface area contributed by atoms with Gasteiger partial charge in [0.05, 0.1) is 19.5 Å². The van der Waals surface area contributed by atoms with E-state index in [9.17, 15) is 16.8 Å². The number of hydrogen-bond donors (Lipinski definition) is 1. The van der Waals surface area contributed by atoms with Crippen molar-refractivity contribution in [1.29, 1.82) is 0 Å². The number of nitrogens with zero attached hydrogens (tertiary/aromatic N) is 3. The zero-order chi connectivity index (χ0) is 16.8. The van der Waals surface area contributed by atoms with Gasteiger partial charge >= 0.3 is 0 Å². The molecule has 1 aliphatic heterocycles. The molecule has 1 fully saturated rings. The number of sulfonamides is 1. The fourth-order valence-corrected chi connectivity index (χ4v) is 3.39. The second kappa shape index (κ2) is 8.52. The first-order valence-corrected chi connectivity index (χ1v) is 10.3. The maximum absolute atomic E-state index is 11.8. The quantitative estimate of drug-likeness (QED) is 0.511. The number of ether oxygens (including phenoxy) is 1. The van der Waals surface area contributed by atoms with Crippen molar-refractivity contribution in [2.75, 3.05) is 72.8 Å². The van der Waals surface area contributed by atoms with Crippen LogP contribution in [0, 0.1) is 0 Å². The Kier molecular flexibility index (Phi) is 7.65. The minimum absolute atomic E-state index is 0.0384. The Labute approximate surface area is 133 Å². The van der Waals surface area contributed by atoms with E-state index in [4.69, 9.17) is 4.74 Å². The molecule has 0 bridgehead atoms. The largest absolute Gasteiger partial charge is 0.379 e. The summed E-state index contributed by atoms with van der Waals surface area (Å²) in [6.45, 7) is 3.96. The zero-order valence-corrected chi connectivity index (χ0v) is 15.0. The van der Waals surface area contributed by atoms with Gasteiger partial charge in [-0.05, 0) is 0 Å². The fraction of sp³-hybridized carbons (Fsp3) is 1.00. The van der Waals surface area contributed by atoms with Crippen LogP contribution in [0.5, 0.6) is 0 Å². The Bertz CT molecular complexity index is 529. The van der Waals surface area contributed by atoms with Crippen LogP contribution in [-0.4, -0.2) is 103 Å². The molecule has 0 radical (unpaired) electrons. The molecule has 1 rings (SSSR count). The zero-order valence-electron chi connectivity index (χ0n) is 13.4. The van der Waals surface area contributed by atoms with Crippen molar-refractivity contribution in [2.45, 2.75) is 0 Å². The molecule has 0 spiro atoms. The first-order valence-electron chi connectivity index (χ1n) is 7.05. The summed E-state index contributed by atoms with van der Waals surface area (Å²) in [5.41, 5.74) is 0. The van der Waals surface area contributed by atoms with Crippen molar-refractivity contribution < 1.29 is 21.6 Å². The lowest BCUT2D eigenvalue weighted by Gasteiger charge is -2.29. The van der Waals surface area contributed by atoms with Crippen molar-refractivity contribution in [3.63, 3.8) is 0 Å². The molecular weight excluding hydrogens is 332 g/mol. The molecule has 0 aromatic rings. The summed E-state index contributed by atoms with van der Waals surface area (Å²) in [6, 6.07) is 0. The molecule has 0 aliphatic carbocycles. The van der Waals surface area contributed by atoms with Crippen molar-refractivity contribution in [1.82, 2.24) is 18.2 Å². The van der Waals surface area contributed by atoms with Crippen molar-refractivity contribution >= 4 is 20.2 Å². The van der Waals surface area contributed by atoms with E-state index >= 15 is 0 Å². The molecule has 1 N–H and O–H groups in total. The molecular formula is C11H26N4O5S2. The third-order valence-electron chi connectivity index (χ3n) is 3.36. The van der Waals surface area contributed by atoms with Gasteiger partial charge in [0.25, 0.3) is 10.2 Å². The summed E-state index contributed by atoms with van der Waals surface area (Å²) in [5, 5.41) is 0. The van der Waals surface area contributed by atoms with E-state index in [0.29, 0.717) is 26.3 Å². The van der Waals surface area contributed by atoms with Gasteiger partial charge in [-0.15, -0.1) is 0 Å². The van der Waals surface area contributed by atoms with Gasteiger partial charge in [0.2, 0.25) is 10.0 Å². The van der Waals surface area contributed by atoms with Crippen LogP contribution in [0.4, 0.5) is 0 Å². The van der Waals surface area contributed by atoms with Crippen LogP contribution in [0.25, 0.3) is 0 Å². The van der Waals surface area contributed by atoms with Gasteiger partial charge in [0, 0.05) is 53.4 Å². The lowest BCUT2D eigenvalue weighted by Crippen LogP contribution is -2.45. The Balaban J connectivity index is 2.48. The average Bonchev–Trinajstić information content (AvgIpc) is 2.42. The van der Waals surface area contributed by atoms with Crippen LogP contribution in [0.15, 0.2) is 0 Å². The normalized spacial score (nSPS) is 18.2. The highest BCUT2D eigenvalue weighted by atomic mass is 32.2. The Morgan fingerprint density at radius 1 is 1.09 bits per heavy atom. The minimum atomic E-state index is -3.54. The number of nitrogens with one attached hydrogen (secondary N) is 1. The second-order valence-electron chi connectivity index (χ2n) is 5.30. The van der Waals surface area contributed by atoms with E-state index in [1.165, 1.54) is 18.4 Å². The molecule has 1 heterocycles. The van der Waals surface area contributed by atoms with Gasteiger partial charge in [-0.3, -0.25) is 4.90 Å². The highest BCUT2D eigenvalue weighted by molar-refractivity contribution is 7.88. The van der Waals surface area contributed by atoms with E-state index in [2.05, 4.69) is 9.62 Å². The van der Waals surface area contributed by atoms with Gasteiger partial charge in [0.15, 0.2) is 0 Å². The summed E-state index contributed by atoms with van der Waals surface area (Å²) >= 11 is 0. The molecule has 132 valence electrons. The number of rotatable bonds is 9. The number of hydrogen-bond acceptors (Lipinski definition) is 6. The van der Waals surface area contributed by atoms with Crippen LogP contribution in [0.1, 0.15) is 0 Å². The monoisotopic (exact) mass is 358 g/mol. The van der Waals surface area contributed by atoms with Crippen LogP contribution in [-0.2, 0) is 25.0 Å². The fourth-order valence-electron chi connectivity index (χ4n) is 1.95. The summed E-state index contributed by atoms with van der Waals surface area (Å²) in [5.74, 6) is 0. The van der Waals surface area contributed by atoms with Gasteiger partial charge in [-0.25, -0.2) is 13.1 Å². The first-order chi connectivity index (χ1) is 10.1. The topological polar surface area (TPSA) is 99.3 Å². The third-order valence-corrected chi connectivity index (χ3v) is 6.20. The first kappa shape index (κ1) is 19.7. The summed E-state index contributed by atoms with van der Waals surface area (Å²) in [4.78, 5) is 2.13. The van der Waals surface area contributed by atoms with Gasteiger partial charge in [-0.2, -0.15) is 17.0 Å². The third kappa shape index (κ3) is 6.86. The Hall–Kier alpha value is -0.300. The molecule has 0 atom stereocenters. The molecule has 22 heavy (non-hydrogen) atoms. The van der Waals surface area contributed by atoms with Gasteiger partial charge in [-0.1, -0.05) is 0 Å². The number of morpholine rings is 1. The maximum atomic E-state index is 11.8. The lowest BCUT2D eigenvalue weighted by molar-refractivity contribution is 0.0363. The molecule has 1 saturated heterocycles. The average molecular weight is 358 g/mol. The van der Waals surface area contributed by atoms with Gasteiger partial charge < -0.3 is 4.74 Å². The molecule has 1 aliphatic rings. The highest BCUT2D eigenvalue weighted by Gasteiger charge is 2.20. The second-order valence-corrected chi connectivity index (χ2v) is 9.25. The summed E-state index contributed by atoms with van der Waals surface area (Å²) < 4.78 is 56.7. The predicted octanol–water partition coefficient (Wildman–Crippen LogP) is -2.02.